The van der Waals surface area contributed by atoms with Crippen LogP contribution in [0.4, 0.5) is 5.69 Å². The van der Waals surface area contributed by atoms with E-state index in [4.69, 9.17) is 5.73 Å². The van der Waals surface area contributed by atoms with Crippen LogP contribution in [0.3, 0.4) is 0 Å². The normalized spacial score (nSPS) is 11.9. The van der Waals surface area contributed by atoms with Gasteiger partial charge in [-0.25, -0.2) is 0 Å². The van der Waals surface area contributed by atoms with Crippen LogP contribution in [-0.2, 0) is 4.79 Å². The summed E-state index contributed by atoms with van der Waals surface area (Å²) in [6.45, 7) is 4.03. The number of amides is 1. The van der Waals surface area contributed by atoms with Crippen molar-refractivity contribution in [2.75, 3.05) is 5.32 Å². The van der Waals surface area contributed by atoms with E-state index in [0.717, 1.165) is 26.9 Å². The van der Waals surface area contributed by atoms with Gasteiger partial charge in [-0.3, -0.25) is 4.79 Å². The van der Waals surface area contributed by atoms with Gasteiger partial charge in [-0.1, -0.05) is 30.3 Å². The summed E-state index contributed by atoms with van der Waals surface area (Å²) >= 11 is 3.46. The van der Waals surface area contributed by atoms with Crippen molar-refractivity contribution in [3.8, 4) is 0 Å². The van der Waals surface area contributed by atoms with Gasteiger partial charge in [-0.2, -0.15) is 0 Å². The van der Waals surface area contributed by atoms with E-state index < -0.39 is 11.9 Å². The van der Waals surface area contributed by atoms with Crippen LogP contribution in [-0.4, -0.2) is 5.91 Å². The largest absolute Gasteiger partial charge is 0.369 e. The SMILES string of the molecule is Cc1cccc(C(Nc2ccccc2Br)C(N)=O)c1C. The molecule has 0 saturated heterocycles. The zero-order chi connectivity index (χ0) is 14.7. The molecule has 0 heterocycles. The topological polar surface area (TPSA) is 55.1 Å². The van der Waals surface area contributed by atoms with Crippen LogP contribution in [0.2, 0.25) is 0 Å². The Morgan fingerprint density at radius 3 is 2.50 bits per heavy atom. The molecule has 0 aliphatic rings. The summed E-state index contributed by atoms with van der Waals surface area (Å²) in [7, 11) is 0. The van der Waals surface area contributed by atoms with Crippen LogP contribution in [0.15, 0.2) is 46.9 Å². The fraction of sp³-hybridized carbons (Fsp3) is 0.188. The summed E-state index contributed by atoms with van der Waals surface area (Å²) in [6, 6.07) is 13.0. The highest BCUT2D eigenvalue weighted by atomic mass is 79.9. The Balaban J connectivity index is 2.40. The quantitative estimate of drug-likeness (QED) is 0.896. The first-order valence-corrected chi connectivity index (χ1v) is 7.16. The smallest absolute Gasteiger partial charge is 0.244 e. The summed E-state index contributed by atoms with van der Waals surface area (Å²) in [4.78, 5) is 11.8. The Hall–Kier alpha value is -1.81. The van der Waals surface area contributed by atoms with Crippen molar-refractivity contribution in [1.82, 2.24) is 0 Å². The number of anilines is 1. The lowest BCUT2D eigenvalue weighted by atomic mass is 9.97. The number of carbonyl (C=O) groups is 1. The molecule has 0 spiro atoms. The molecule has 4 heteroatoms. The Kier molecular flexibility index (Phi) is 4.45. The molecule has 2 aromatic carbocycles. The standard InChI is InChI=1S/C16H17BrN2O/c1-10-6-5-7-12(11(10)2)15(16(18)20)19-14-9-4-3-8-13(14)17/h3-9,15,19H,1-2H3,(H2,18,20). The third-order valence-corrected chi connectivity index (χ3v) is 4.11. The van der Waals surface area contributed by atoms with E-state index >= 15 is 0 Å². The van der Waals surface area contributed by atoms with E-state index in [2.05, 4.69) is 21.2 Å². The predicted molar refractivity (Wildman–Crippen MR) is 85.6 cm³/mol. The number of para-hydroxylation sites is 1. The molecular formula is C16H17BrN2O. The summed E-state index contributed by atoms with van der Waals surface area (Å²) in [5.74, 6) is -0.394. The molecule has 0 aliphatic carbocycles. The Bertz CT molecular complexity index is 640. The molecular weight excluding hydrogens is 316 g/mol. The van der Waals surface area contributed by atoms with E-state index in [1.807, 2.05) is 56.3 Å². The molecule has 1 atom stereocenters. The van der Waals surface area contributed by atoms with E-state index in [0.29, 0.717) is 0 Å². The van der Waals surface area contributed by atoms with Crippen LogP contribution in [0.1, 0.15) is 22.7 Å². The molecule has 0 aliphatic heterocycles. The summed E-state index contributed by atoms with van der Waals surface area (Å²) in [6.07, 6.45) is 0. The van der Waals surface area contributed by atoms with Gasteiger partial charge in [0, 0.05) is 10.2 Å². The highest BCUT2D eigenvalue weighted by Crippen LogP contribution is 2.28. The molecule has 0 saturated carbocycles. The monoisotopic (exact) mass is 332 g/mol. The van der Waals surface area contributed by atoms with Crippen molar-refractivity contribution in [2.24, 2.45) is 5.73 Å². The number of primary amides is 1. The fourth-order valence-electron chi connectivity index (χ4n) is 2.12. The van der Waals surface area contributed by atoms with Crippen molar-refractivity contribution in [3.05, 3.63) is 63.6 Å². The number of hydrogen-bond acceptors (Lipinski definition) is 2. The van der Waals surface area contributed by atoms with Crippen molar-refractivity contribution in [2.45, 2.75) is 19.9 Å². The number of nitrogens with two attached hydrogens (primary N) is 1. The van der Waals surface area contributed by atoms with E-state index in [1.54, 1.807) is 0 Å². The third kappa shape index (κ3) is 3.02. The minimum absolute atomic E-state index is 0.394. The highest BCUT2D eigenvalue weighted by molar-refractivity contribution is 9.10. The van der Waals surface area contributed by atoms with Crippen LogP contribution in [0.5, 0.6) is 0 Å². The summed E-state index contributed by atoms with van der Waals surface area (Å²) < 4.78 is 0.900. The van der Waals surface area contributed by atoms with Crippen LogP contribution in [0.25, 0.3) is 0 Å². The maximum Gasteiger partial charge on any atom is 0.244 e. The number of halogens is 1. The van der Waals surface area contributed by atoms with Gasteiger partial charge in [0.25, 0.3) is 0 Å². The minimum Gasteiger partial charge on any atom is -0.369 e. The predicted octanol–water partition coefficient (Wildman–Crippen LogP) is 3.70. The number of nitrogens with one attached hydrogen (secondary N) is 1. The molecule has 0 bridgehead atoms. The first kappa shape index (κ1) is 14.6. The summed E-state index contributed by atoms with van der Waals surface area (Å²) in [5, 5.41) is 3.21. The van der Waals surface area contributed by atoms with Gasteiger partial charge in [-0.15, -0.1) is 0 Å². The molecule has 2 rings (SSSR count). The molecule has 0 fully saturated rings. The molecule has 2 aromatic rings. The molecule has 1 unspecified atom stereocenters. The average molecular weight is 333 g/mol. The maximum atomic E-state index is 11.8. The lowest BCUT2D eigenvalue weighted by Gasteiger charge is -2.20. The highest BCUT2D eigenvalue weighted by Gasteiger charge is 2.20. The number of hydrogen-bond donors (Lipinski definition) is 2. The second kappa shape index (κ2) is 6.09. The lowest BCUT2D eigenvalue weighted by Crippen LogP contribution is -2.28. The zero-order valence-corrected chi connectivity index (χ0v) is 13.1. The van der Waals surface area contributed by atoms with Crippen molar-refractivity contribution in [3.63, 3.8) is 0 Å². The number of rotatable bonds is 4. The Labute approximate surface area is 127 Å². The van der Waals surface area contributed by atoms with Crippen LogP contribution >= 0.6 is 15.9 Å². The van der Waals surface area contributed by atoms with E-state index in [9.17, 15) is 4.79 Å². The van der Waals surface area contributed by atoms with Gasteiger partial charge < -0.3 is 11.1 Å². The number of benzene rings is 2. The number of carbonyl (C=O) groups excluding carboxylic acids is 1. The van der Waals surface area contributed by atoms with Crippen molar-refractivity contribution < 1.29 is 4.79 Å². The van der Waals surface area contributed by atoms with Crippen LogP contribution in [0, 0.1) is 13.8 Å². The molecule has 3 nitrogen and oxygen atoms in total. The van der Waals surface area contributed by atoms with Crippen molar-refractivity contribution >= 4 is 27.5 Å². The third-order valence-electron chi connectivity index (χ3n) is 3.42. The summed E-state index contributed by atoms with van der Waals surface area (Å²) in [5.41, 5.74) is 9.54. The molecule has 1 amide bonds. The fourth-order valence-corrected chi connectivity index (χ4v) is 2.52. The Morgan fingerprint density at radius 1 is 1.15 bits per heavy atom. The second-order valence-corrected chi connectivity index (χ2v) is 5.60. The van der Waals surface area contributed by atoms with Gasteiger partial charge in [0.1, 0.15) is 6.04 Å². The van der Waals surface area contributed by atoms with Gasteiger partial charge >= 0.3 is 0 Å². The average Bonchev–Trinajstić information content (AvgIpc) is 2.41. The van der Waals surface area contributed by atoms with Gasteiger partial charge in [0.05, 0.1) is 0 Å². The van der Waals surface area contributed by atoms with Crippen molar-refractivity contribution in [1.29, 1.82) is 0 Å². The van der Waals surface area contributed by atoms with Gasteiger partial charge in [0.2, 0.25) is 5.91 Å². The minimum atomic E-state index is -0.548. The Morgan fingerprint density at radius 2 is 1.85 bits per heavy atom. The molecule has 20 heavy (non-hydrogen) atoms. The first-order chi connectivity index (χ1) is 9.50. The number of aryl methyl sites for hydroxylation is 1. The van der Waals surface area contributed by atoms with Crippen LogP contribution < -0.4 is 11.1 Å². The van der Waals surface area contributed by atoms with E-state index in [1.165, 1.54) is 0 Å². The van der Waals surface area contributed by atoms with Gasteiger partial charge in [0.15, 0.2) is 0 Å². The molecule has 0 radical (unpaired) electrons. The molecule has 3 N–H and O–H groups in total. The molecule has 0 aromatic heterocycles. The zero-order valence-electron chi connectivity index (χ0n) is 11.5. The molecule has 104 valence electrons. The first-order valence-electron chi connectivity index (χ1n) is 6.37. The van der Waals surface area contributed by atoms with E-state index in [-0.39, 0.29) is 0 Å². The van der Waals surface area contributed by atoms with Gasteiger partial charge in [-0.05, 0) is 58.6 Å². The second-order valence-electron chi connectivity index (χ2n) is 4.75. The maximum absolute atomic E-state index is 11.8. The lowest BCUT2D eigenvalue weighted by molar-refractivity contribution is -0.118.